The predicted octanol–water partition coefficient (Wildman–Crippen LogP) is 2.92. The fourth-order valence-corrected chi connectivity index (χ4v) is 5.59. The zero-order chi connectivity index (χ0) is 19.3. The largest absolute Gasteiger partial charge is 0.334 e. The molecule has 0 saturated carbocycles. The Hall–Kier alpha value is -2.14. The molecule has 6 rings (SSSR count). The summed E-state index contributed by atoms with van der Waals surface area (Å²) in [5.41, 5.74) is 4.81. The molecule has 0 unspecified atom stereocenters. The molecule has 0 spiro atoms. The molecule has 3 aliphatic heterocycles. The number of carbonyl (C=O) groups is 1. The number of carbonyl (C=O) groups excluding carboxylic acids is 1. The summed E-state index contributed by atoms with van der Waals surface area (Å²) in [5, 5.41) is 4.40. The van der Waals surface area contributed by atoms with Gasteiger partial charge in [0.2, 0.25) is 0 Å². The van der Waals surface area contributed by atoms with E-state index in [2.05, 4.69) is 46.1 Å². The maximum atomic E-state index is 13.4. The Labute approximate surface area is 167 Å². The van der Waals surface area contributed by atoms with E-state index in [4.69, 9.17) is 0 Å². The van der Waals surface area contributed by atoms with Crippen LogP contribution in [0.15, 0.2) is 30.5 Å². The maximum absolute atomic E-state index is 13.4. The van der Waals surface area contributed by atoms with Crippen molar-refractivity contribution in [3.63, 3.8) is 0 Å². The summed E-state index contributed by atoms with van der Waals surface area (Å²) in [6.07, 6.45) is 6.47. The van der Waals surface area contributed by atoms with Gasteiger partial charge in [-0.2, -0.15) is 5.10 Å². The number of fused-ring (bicyclic) bond motifs is 5. The lowest BCUT2D eigenvalue weighted by Crippen LogP contribution is -2.48. The first kappa shape index (κ1) is 17.9. The Bertz CT molecular complexity index is 863. The zero-order valence-corrected chi connectivity index (χ0v) is 17.0. The molecule has 3 saturated heterocycles. The lowest BCUT2D eigenvalue weighted by Gasteiger charge is -2.36. The molecule has 0 radical (unpaired) electrons. The minimum atomic E-state index is 0.184. The van der Waals surface area contributed by atoms with Gasteiger partial charge in [0.1, 0.15) is 0 Å². The number of benzene rings is 1. The van der Waals surface area contributed by atoms with Crippen molar-refractivity contribution in [2.45, 2.75) is 58.2 Å². The molecule has 28 heavy (non-hydrogen) atoms. The number of nitrogens with zero attached hydrogens (tertiary/aromatic N) is 4. The van der Waals surface area contributed by atoms with E-state index in [1.54, 1.807) is 6.20 Å². The predicted molar refractivity (Wildman–Crippen MR) is 109 cm³/mol. The summed E-state index contributed by atoms with van der Waals surface area (Å²) in [6, 6.07) is 9.82. The normalized spacial score (nSPS) is 25.1. The molecule has 2 bridgehead atoms. The van der Waals surface area contributed by atoms with E-state index in [0.29, 0.717) is 18.0 Å². The molecule has 4 heterocycles. The maximum Gasteiger partial charge on any atom is 0.257 e. The van der Waals surface area contributed by atoms with Gasteiger partial charge in [0.15, 0.2) is 0 Å². The third kappa shape index (κ3) is 2.96. The highest BCUT2D eigenvalue weighted by atomic mass is 16.2. The summed E-state index contributed by atoms with van der Waals surface area (Å²) in [6.45, 7) is 7.94. The Morgan fingerprint density at radius 1 is 1.07 bits per heavy atom. The van der Waals surface area contributed by atoms with Crippen molar-refractivity contribution in [1.82, 2.24) is 19.6 Å². The van der Waals surface area contributed by atoms with E-state index in [0.717, 1.165) is 56.7 Å². The summed E-state index contributed by atoms with van der Waals surface area (Å²) in [7, 11) is 0. The fourth-order valence-electron chi connectivity index (χ4n) is 5.59. The number of aryl methyl sites for hydroxylation is 1. The lowest BCUT2D eigenvalue weighted by molar-refractivity contribution is 0.0580. The van der Waals surface area contributed by atoms with Crippen LogP contribution in [0.4, 0.5) is 0 Å². The Morgan fingerprint density at radius 2 is 1.82 bits per heavy atom. The molecule has 1 aromatic heterocycles. The standard InChI is InChI=1S/C23H30N4O/c1-3-27-16(2)22(12-24-27)23(28)26-14-17-8-9-20(26)15-25(13-17)21-10-18-6-4-5-7-19(18)11-21/h4-7,12,17,20-21H,3,8-11,13-15H2,1-2H3/t17-,20+/m0/s1. The van der Waals surface area contributed by atoms with Crippen LogP contribution in [0.25, 0.3) is 0 Å². The molecule has 5 heteroatoms. The Balaban J connectivity index is 1.34. The quantitative estimate of drug-likeness (QED) is 0.825. The van der Waals surface area contributed by atoms with Crippen LogP contribution in [0.2, 0.25) is 0 Å². The van der Waals surface area contributed by atoms with Gasteiger partial charge in [0.25, 0.3) is 5.91 Å². The molecule has 0 N–H and O–H groups in total. The molecule has 3 fully saturated rings. The summed E-state index contributed by atoms with van der Waals surface area (Å²) < 4.78 is 1.92. The number of piperidine rings is 1. The Kier molecular flexibility index (Phi) is 4.50. The van der Waals surface area contributed by atoms with Crippen LogP contribution in [-0.2, 0) is 19.4 Å². The van der Waals surface area contributed by atoms with Gasteiger partial charge < -0.3 is 4.90 Å². The summed E-state index contributed by atoms with van der Waals surface area (Å²) >= 11 is 0. The summed E-state index contributed by atoms with van der Waals surface area (Å²) in [4.78, 5) is 18.2. The number of rotatable bonds is 3. The van der Waals surface area contributed by atoms with Crippen molar-refractivity contribution in [3.8, 4) is 0 Å². The van der Waals surface area contributed by atoms with Crippen molar-refractivity contribution in [1.29, 1.82) is 0 Å². The minimum Gasteiger partial charge on any atom is -0.334 e. The average Bonchev–Trinajstić information content (AvgIpc) is 3.18. The zero-order valence-electron chi connectivity index (χ0n) is 17.0. The molecule has 5 nitrogen and oxygen atoms in total. The van der Waals surface area contributed by atoms with E-state index in [1.807, 2.05) is 11.6 Å². The van der Waals surface area contributed by atoms with Crippen molar-refractivity contribution in [3.05, 3.63) is 52.8 Å². The van der Waals surface area contributed by atoms with E-state index in [1.165, 1.54) is 17.5 Å². The molecule has 148 valence electrons. The van der Waals surface area contributed by atoms with Gasteiger partial charge in [0, 0.05) is 44.0 Å². The molecule has 1 aromatic carbocycles. The molecular formula is C23H30N4O. The number of hydrogen-bond donors (Lipinski definition) is 0. The summed E-state index contributed by atoms with van der Waals surface area (Å²) in [5.74, 6) is 0.774. The second-order valence-corrected chi connectivity index (χ2v) is 8.80. The first-order valence-corrected chi connectivity index (χ1v) is 10.8. The number of amides is 1. The third-order valence-corrected chi connectivity index (χ3v) is 7.18. The van der Waals surface area contributed by atoms with E-state index >= 15 is 0 Å². The van der Waals surface area contributed by atoms with Gasteiger partial charge in [0.05, 0.1) is 11.8 Å². The molecule has 2 atom stereocenters. The van der Waals surface area contributed by atoms with Crippen LogP contribution in [0.5, 0.6) is 0 Å². The van der Waals surface area contributed by atoms with Gasteiger partial charge >= 0.3 is 0 Å². The van der Waals surface area contributed by atoms with Crippen molar-refractivity contribution >= 4 is 5.91 Å². The highest BCUT2D eigenvalue weighted by Gasteiger charge is 2.40. The SMILES string of the molecule is CCn1ncc(C(=O)N2C[C@H]3CC[C@@H]2CN(C2Cc4ccccc4C2)C3)c1C. The van der Waals surface area contributed by atoms with E-state index in [9.17, 15) is 4.79 Å². The number of aromatic nitrogens is 2. The second-order valence-electron chi connectivity index (χ2n) is 8.80. The van der Waals surface area contributed by atoms with Crippen LogP contribution in [-0.4, -0.2) is 57.2 Å². The lowest BCUT2D eigenvalue weighted by atomic mass is 9.94. The van der Waals surface area contributed by atoms with Gasteiger partial charge in [-0.05, 0) is 56.6 Å². The minimum absolute atomic E-state index is 0.184. The van der Waals surface area contributed by atoms with Crippen LogP contribution in [0.1, 0.15) is 46.9 Å². The van der Waals surface area contributed by atoms with Crippen molar-refractivity contribution < 1.29 is 4.79 Å². The molecule has 4 aliphatic rings. The molecule has 2 aromatic rings. The molecule has 1 amide bonds. The highest BCUT2D eigenvalue weighted by molar-refractivity contribution is 5.95. The highest BCUT2D eigenvalue weighted by Crippen LogP contribution is 2.33. The van der Waals surface area contributed by atoms with Crippen molar-refractivity contribution in [2.24, 2.45) is 5.92 Å². The Morgan fingerprint density at radius 3 is 2.50 bits per heavy atom. The van der Waals surface area contributed by atoms with Gasteiger partial charge in [-0.25, -0.2) is 0 Å². The van der Waals surface area contributed by atoms with Crippen LogP contribution in [0, 0.1) is 12.8 Å². The smallest absolute Gasteiger partial charge is 0.257 e. The monoisotopic (exact) mass is 378 g/mol. The fraction of sp³-hybridized carbons (Fsp3) is 0.565. The topological polar surface area (TPSA) is 41.4 Å². The number of hydrogen-bond acceptors (Lipinski definition) is 3. The van der Waals surface area contributed by atoms with Gasteiger partial charge in [-0.1, -0.05) is 24.3 Å². The van der Waals surface area contributed by atoms with Gasteiger partial charge in [-0.3, -0.25) is 14.4 Å². The van der Waals surface area contributed by atoms with Gasteiger partial charge in [-0.15, -0.1) is 0 Å². The van der Waals surface area contributed by atoms with E-state index < -0.39 is 0 Å². The van der Waals surface area contributed by atoms with Crippen LogP contribution >= 0.6 is 0 Å². The second kappa shape index (κ2) is 7.03. The van der Waals surface area contributed by atoms with E-state index in [-0.39, 0.29) is 5.91 Å². The van der Waals surface area contributed by atoms with Crippen molar-refractivity contribution in [2.75, 3.05) is 19.6 Å². The molecular weight excluding hydrogens is 348 g/mol. The van der Waals surface area contributed by atoms with Crippen LogP contribution < -0.4 is 0 Å². The third-order valence-electron chi connectivity index (χ3n) is 7.18. The average molecular weight is 379 g/mol. The molecule has 1 aliphatic carbocycles. The van der Waals surface area contributed by atoms with Crippen LogP contribution in [0.3, 0.4) is 0 Å². The first-order valence-electron chi connectivity index (χ1n) is 10.8. The first-order chi connectivity index (χ1) is 13.6.